The standard InChI is InChI=1S/C11H24N2O2S2/c1-3-6-12-8-10(2)17(14,15)13-11-5-4-7-16-9-11/h10-13H,3-9H2,1-2H3. The maximum atomic E-state index is 12.0. The molecule has 4 nitrogen and oxygen atoms in total. The molecule has 1 aliphatic rings. The fourth-order valence-corrected chi connectivity index (χ4v) is 4.19. The number of rotatable bonds is 7. The summed E-state index contributed by atoms with van der Waals surface area (Å²) in [5.41, 5.74) is 0. The normalized spacial score (nSPS) is 23.5. The zero-order valence-corrected chi connectivity index (χ0v) is 12.4. The third-order valence-electron chi connectivity index (χ3n) is 2.88. The van der Waals surface area contributed by atoms with Gasteiger partial charge in [-0.3, -0.25) is 0 Å². The van der Waals surface area contributed by atoms with Crippen molar-refractivity contribution in [2.45, 2.75) is 44.4 Å². The lowest BCUT2D eigenvalue weighted by Gasteiger charge is -2.24. The van der Waals surface area contributed by atoms with E-state index in [1.165, 1.54) is 0 Å². The van der Waals surface area contributed by atoms with Crippen molar-refractivity contribution >= 4 is 21.8 Å². The van der Waals surface area contributed by atoms with Gasteiger partial charge in [0.2, 0.25) is 10.0 Å². The van der Waals surface area contributed by atoms with E-state index in [0.29, 0.717) is 6.54 Å². The van der Waals surface area contributed by atoms with E-state index in [9.17, 15) is 8.42 Å². The first-order valence-corrected chi connectivity index (χ1v) is 9.06. The number of sulfonamides is 1. The van der Waals surface area contributed by atoms with Crippen LogP contribution in [0.5, 0.6) is 0 Å². The Labute approximate surface area is 109 Å². The lowest BCUT2D eigenvalue weighted by Crippen LogP contribution is -2.45. The summed E-state index contributed by atoms with van der Waals surface area (Å²) in [5, 5.41) is 2.79. The zero-order valence-electron chi connectivity index (χ0n) is 10.7. The van der Waals surface area contributed by atoms with Crippen molar-refractivity contribution in [1.29, 1.82) is 0 Å². The number of nitrogens with one attached hydrogen (secondary N) is 2. The lowest BCUT2D eigenvalue weighted by atomic mass is 10.2. The van der Waals surface area contributed by atoms with E-state index in [1.807, 2.05) is 11.8 Å². The molecule has 2 atom stereocenters. The van der Waals surface area contributed by atoms with Gasteiger partial charge >= 0.3 is 0 Å². The largest absolute Gasteiger partial charge is 0.315 e. The molecule has 2 unspecified atom stereocenters. The Morgan fingerprint density at radius 2 is 2.24 bits per heavy atom. The van der Waals surface area contributed by atoms with Crippen LogP contribution in [-0.4, -0.2) is 44.3 Å². The third kappa shape index (κ3) is 5.59. The molecule has 0 aromatic heterocycles. The molecular weight excluding hydrogens is 256 g/mol. The van der Waals surface area contributed by atoms with E-state index in [2.05, 4.69) is 17.0 Å². The molecule has 0 spiro atoms. The quantitative estimate of drug-likeness (QED) is 0.688. The van der Waals surface area contributed by atoms with Crippen LogP contribution >= 0.6 is 11.8 Å². The van der Waals surface area contributed by atoms with E-state index in [4.69, 9.17) is 0 Å². The van der Waals surface area contributed by atoms with Crippen LogP contribution in [0.2, 0.25) is 0 Å². The van der Waals surface area contributed by atoms with Crippen molar-refractivity contribution < 1.29 is 8.42 Å². The molecule has 1 heterocycles. The summed E-state index contributed by atoms with van der Waals surface area (Å²) in [4.78, 5) is 0. The van der Waals surface area contributed by atoms with Gasteiger partial charge in [0, 0.05) is 18.3 Å². The number of thioether (sulfide) groups is 1. The molecule has 0 aromatic carbocycles. The molecule has 1 fully saturated rings. The minimum Gasteiger partial charge on any atom is -0.315 e. The van der Waals surface area contributed by atoms with E-state index >= 15 is 0 Å². The summed E-state index contributed by atoms with van der Waals surface area (Å²) in [6, 6.07) is 0.132. The van der Waals surface area contributed by atoms with E-state index < -0.39 is 10.0 Å². The van der Waals surface area contributed by atoms with E-state index in [0.717, 1.165) is 37.3 Å². The molecular formula is C11H24N2O2S2. The number of hydrogen-bond acceptors (Lipinski definition) is 4. The maximum Gasteiger partial charge on any atom is 0.215 e. The second kappa shape index (κ2) is 7.61. The fraction of sp³-hybridized carbons (Fsp3) is 1.00. The van der Waals surface area contributed by atoms with Gasteiger partial charge in [-0.25, -0.2) is 13.1 Å². The highest BCUT2D eigenvalue weighted by atomic mass is 32.2. The zero-order chi connectivity index (χ0) is 12.7. The smallest absolute Gasteiger partial charge is 0.215 e. The van der Waals surface area contributed by atoms with Gasteiger partial charge in [0.15, 0.2) is 0 Å². The molecule has 0 bridgehead atoms. The van der Waals surface area contributed by atoms with Gasteiger partial charge in [0.1, 0.15) is 0 Å². The van der Waals surface area contributed by atoms with Gasteiger partial charge in [0.05, 0.1) is 5.25 Å². The van der Waals surface area contributed by atoms with Crippen molar-refractivity contribution in [3.63, 3.8) is 0 Å². The topological polar surface area (TPSA) is 58.2 Å². The highest BCUT2D eigenvalue weighted by Crippen LogP contribution is 2.18. The van der Waals surface area contributed by atoms with Gasteiger partial charge in [0.25, 0.3) is 0 Å². The Kier molecular flexibility index (Phi) is 6.84. The van der Waals surface area contributed by atoms with Crippen molar-refractivity contribution in [1.82, 2.24) is 10.0 Å². The molecule has 1 aliphatic heterocycles. The van der Waals surface area contributed by atoms with Crippen LogP contribution in [0.15, 0.2) is 0 Å². The average Bonchev–Trinajstić information content (AvgIpc) is 2.30. The molecule has 6 heteroatoms. The highest BCUT2D eigenvalue weighted by molar-refractivity contribution is 7.99. The van der Waals surface area contributed by atoms with Crippen LogP contribution < -0.4 is 10.0 Å². The van der Waals surface area contributed by atoms with Crippen molar-refractivity contribution in [3.05, 3.63) is 0 Å². The van der Waals surface area contributed by atoms with Crippen LogP contribution in [0.1, 0.15) is 33.1 Å². The molecule has 1 rings (SSSR count). The molecule has 0 amide bonds. The molecule has 0 aliphatic carbocycles. The summed E-state index contributed by atoms with van der Waals surface area (Å²) in [7, 11) is -3.17. The predicted octanol–water partition coefficient (Wildman–Crippen LogP) is 1.19. The van der Waals surface area contributed by atoms with Gasteiger partial charge in [-0.1, -0.05) is 6.92 Å². The first kappa shape index (κ1) is 15.3. The monoisotopic (exact) mass is 280 g/mol. The summed E-state index contributed by atoms with van der Waals surface area (Å²) in [5.74, 6) is 2.07. The minimum absolute atomic E-state index is 0.132. The predicted molar refractivity (Wildman–Crippen MR) is 75.0 cm³/mol. The first-order chi connectivity index (χ1) is 8.06. The summed E-state index contributed by atoms with van der Waals surface area (Å²) < 4.78 is 26.9. The molecule has 102 valence electrons. The molecule has 1 saturated heterocycles. The van der Waals surface area contributed by atoms with Gasteiger partial charge in [-0.2, -0.15) is 11.8 Å². The van der Waals surface area contributed by atoms with E-state index in [-0.39, 0.29) is 11.3 Å². The van der Waals surface area contributed by atoms with Crippen LogP contribution in [0.4, 0.5) is 0 Å². The maximum absolute atomic E-state index is 12.0. The first-order valence-electron chi connectivity index (χ1n) is 6.36. The van der Waals surface area contributed by atoms with Gasteiger partial charge < -0.3 is 5.32 Å². The van der Waals surface area contributed by atoms with Crippen molar-refractivity contribution in [3.8, 4) is 0 Å². The highest BCUT2D eigenvalue weighted by Gasteiger charge is 2.25. The Balaban J connectivity index is 2.37. The molecule has 0 radical (unpaired) electrons. The van der Waals surface area contributed by atoms with Crippen molar-refractivity contribution in [2.24, 2.45) is 0 Å². The number of hydrogen-bond donors (Lipinski definition) is 2. The summed E-state index contributed by atoms with van der Waals surface area (Å²) in [6.07, 6.45) is 3.11. The Morgan fingerprint density at radius 3 is 2.82 bits per heavy atom. The Morgan fingerprint density at radius 1 is 1.47 bits per heavy atom. The SMILES string of the molecule is CCCNCC(C)S(=O)(=O)NC1CCCSC1. The summed E-state index contributed by atoms with van der Waals surface area (Å²) in [6.45, 7) is 5.24. The minimum atomic E-state index is -3.17. The average molecular weight is 280 g/mol. The fourth-order valence-electron chi connectivity index (χ4n) is 1.77. The second-order valence-corrected chi connectivity index (χ2v) is 7.87. The second-order valence-electron chi connectivity index (χ2n) is 4.59. The van der Waals surface area contributed by atoms with Crippen LogP contribution in [0, 0.1) is 0 Å². The molecule has 0 aromatic rings. The van der Waals surface area contributed by atoms with Gasteiger partial charge in [-0.05, 0) is 38.5 Å². The molecule has 17 heavy (non-hydrogen) atoms. The lowest BCUT2D eigenvalue weighted by molar-refractivity contribution is 0.526. The van der Waals surface area contributed by atoms with Crippen LogP contribution in [-0.2, 0) is 10.0 Å². The van der Waals surface area contributed by atoms with Crippen LogP contribution in [0.3, 0.4) is 0 Å². The Bertz CT molecular complexity index is 301. The van der Waals surface area contributed by atoms with Crippen molar-refractivity contribution in [2.75, 3.05) is 24.6 Å². The molecule has 0 saturated carbocycles. The summed E-state index contributed by atoms with van der Waals surface area (Å²) >= 11 is 1.83. The van der Waals surface area contributed by atoms with Crippen LogP contribution in [0.25, 0.3) is 0 Å². The van der Waals surface area contributed by atoms with E-state index in [1.54, 1.807) is 6.92 Å². The van der Waals surface area contributed by atoms with Gasteiger partial charge in [-0.15, -0.1) is 0 Å². The molecule has 2 N–H and O–H groups in total. The third-order valence-corrected chi connectivity index (χ3v) is 5.98. The Hall–Kier alpha value is 0.220.